The van der Waals surface area contributed by atoms with Crippen molar-refractivity contribution in [1.29, 1.82) is 0 Å². The van der Waals surface area contributed by atoms with Crippen LogP contribution < -0.4 is 19.7 Å². The highest BCUT2D eigenvalue weighted by Gasteiger charge is 2.52. The van der Waals surface area contributed by atoms with Crippen molar-refractivity contribution >= 4 is 29.2 Å². The normalized spacial score (nSPS) is 17.4. The van der Waals surface area contributed by atoms with E-state index in [4.69, 9.17) is 21.1 Å². The number of nitrogens with one attached hydrogen (secondary N) is 1. The number of aliphatic carboxylic acids is 1. The molecule has 210 valence electrons. The molecule has 0 saturated heterocycles. The number of carbonyl (C=O) groups excluding carboxylic acids is 1. The van der Waals surface area contributed by atoms with E-state index < -0.39 is 17.6 Å². The summed E-state index contributed by atoms with van der Waals surface area (Å²) in [5.74, 6) is -0.831. The van der Waals surface area contributed by atoms with Crippen molar-refractivity contribution in [3.05, 3.63) is 112 Å². The third-order valence-corrected chi connectivity index (χ3v) is 7.26. The van der Waals surface area contributed by atoms with Crippen molar-refractivity contribution in [1.82, 2.24) is 15.3 Å². The number of rotatable bonds is 8. The van der Waals surface area contributed by atoms with Gasteiger partial charge in [-0.3, -0.25) is 10.1 Å². The first kappa shape index (κ1) is 28.1. The van der Waals surface area contributed by atoms with Crippen LogP contribution in [0.25, 0.3) is 0 Å². The van der Waals surface area contributed by atoms with Gasteiger partial charge in [-0.05, 0) is 61.4 Å². The van der Waals surface area contributed by atoms with E-state index in [-0.39, 0.29) is 25.0 Å². The molecule has 3 aromatic carbocycles. The summed E-state index contributed by atoms with van der Waals surface area (Å²) in [4.78, 5) is 37.1. The van der Waals surface area contributed by atoms with Crippen molar-refractivity contribution in [2.45, 2.75) is 32.0 Å². The largest absolute Gasteiger partial charge is 0.497 e. The number of amides is 1. The molecule has 0 radical (unpaired) electrons. The van der Waals surface area contributed by atoms with Gasteiger partial charge in [0, 0.05) is 27.7 Å². The maximum Gasteiger partial charge on any atom is 0.347 e. The van der Waals surface area contributed by atoms with Crippen LogP contribution in [0, 0.1) is 13.8 Å². The number of hydrogen-bond acceptors (Lipinski definition) is 7. The van der Waals surface area contributed by atoms with E-state index >= 15 is 0 Å². The molecule has 5 rings (SSSR count). The van der Waals surface area contributed by atoms with Gasteiger partial charge in [0.05, 0.1) is 20.2 Å². The highest BCUT2D eigenvalue weighted by Crippen LogP contribution is 2.43. The lowest BCUT2D eigenvalue weighted by molar-refractivity contribution is -0.149. The zero-order chi connectivity index (χ0) is 29.1. The molecule has 2 N–H and O–H groups in total. The predicted octanol–water partition coefficient (Wildman–Crippen LogP) is 4.67. The molecule has 2 atom stereocenters. The van der Waals surface area contributed by atoms with Gasteiger partial charge in [0.1, 0.15) is 11.3 Å². The lowest BCUT2D eigenvalue weighted by Gasteiger charge is -2.39. The number of carboxylic acids is 1. The van der Waals surface area contributed by atoms with Gasteiger partial charge in [-0.15, -0.1) is 0 Å². The number of methoxy groups -OCH3 is 1. The van der Waals surface area contributed by atoms with Gasteiger partial charge in [-0.1, -0.05) is 54.1 Å². The minimum Gasteiger partial charge on any atom is -0.497 e. The monoisotopic (exact) mass is 572 g/mol. The molecule has 0 saturated carbocycles. The third kappa shape index (κ3) is 5.59. The number of fused-ring (bicyclic) bond motifs is 1. The van der Waals surface area contributed by atoms with Gasteiger partial charge in [0.2, 0.25) is 12.0 Å². The zero-order valence-corrected chi connectivity index (χ0v) is 23.6. The molecule has 4 aromatic rings. The molecule has 0 unspecified atom stereocenters. The average molecular weight is 573 g/mol. The summed E-state index contributed by atoms with van der Waals surface area (Å²) in [6, 6.07) is 23.2. The van der Waals surface area contributed by atoms with Crippen LogP contribution in [-0.4, -0.2) is 46.7 Å². The Balaban J connectivity index is 1.72. The number of carbonyl (C=O) groups is 2. The predicted molar refractivity (Wildman–Crippen MR) is 154 cm³/mol. The lowest BCUT2D eigenvalue weighted by atomic mass is 9.77. The van der Waals surface area contributed by atoms with Crippen LogP contribution in [0.5, 0.6) is 11.8 Å². The Bertz CT molecular complexity index is 1560. The molecule has 0 fully saturated rings. The van der Waals surface area contributed by atoms with Crippen LogP contribution in [0.1, 0.15) is 28.1 Å². The first-order valence-electron chi connectivity index (χ1n) is 13.0. The smallest absolute Gasteiger partial charge is 0.347 e. The number of benzene rings is 3. The second-order valence-corrected chi connectivity index (χ2v) is 10.2. The van der Waals surface area contributed by atoms with Gasteiger partial charge >= 0.3 is 12.0 Å². The first-order valence-corrected chi connectivity index (χ1v) is 13.3. The van der Waals surface area contributed by atoms with Crippen molar-refractivity contribution in [3.8, 4) is 11.8 Å². The number of aryl methyl sites for hydroxylation is 2. The summed E-state index contributed by atoms with van der Waals surface area (Å²) in [6.45, 7) is 3.61. The second kappa shape index (κ2) is 11.6. The number of nitrogens with zero attached hydrogens (tertiary/aromatic N) is 3. The van der Waals surface area contributed by atoms with E-state index in [9.17, 15) is 14.7 Å². The molecule has 2 heterocycles. The fourth-order valence-corrected chi connectivity index (χ4v) is 5.38. The lowest BCUT2D eigenvalue weighted by Crippen LogP contribution is -2.58. The number of anilines is 1. The summed E-state index contributed by atoms with van der Waals surface area (Å²) in [5.41, 5.74) is 2.10. The molecule has 9 nitrogen and oxygen atoms in total. The first-order chi connectivity index (χ1) is 19.7. The van der Waals surface area contributed by atoms with Gasteiger partial charge in [-0.2, -0.15) is 0 Å². The van der Waals surface area contributed by atoms with Crippen molar-refractivity contribution in [2.24, 2.45) is 0 Å². The zero-order valence-electron chi connectivity index (χ0n) is 22.8. The third-order valence-electron chi connectivity index (χ3n) is 7.03. The molecule has 10 heteroatoms. The molecule has 1 aromatic heterocycles. The quantitative estimate of drug-likeness (QED) is 0.313. The van der Waals surface area contributed by atoms with Gasteiger partial charge in [0.25, 0.3) is 0 Å². The molecule has 0 aliphatic carbocycles. The fraction of sp³-hybridized carbons (Fsp3) is 0.226. The summed E-state index contributed by atoms with van der Waals surface area (Å²) in [7, 11) is 1.59. The van der Waals surface area contributed by atoms with E-state index in [1.165, 1.54) is 0 Å². The molecule has 1 aliphatic rings. The number of halogens is 1. The molecule has 41 heavy (non-hydrogen) atoms. The molecule has 1 amide bonds. The Morgan fingerprint density at radius 3 is 2.37 bits per heavy atom. The summed E-state index contributed by atoms with van der Waals surface area (Å²) in [5, 5.41) is 14.3. The Hall–Kier alpha value is -4.47. The number of ether oxygens (including phenoxy) is 2. The number of hydrogen-bond donors (Lipinski definition) is 2. The SMILES string of the molecule is COc1ccc(CN2C(=O)CN[C@](c3ccccc3)([C@@H](Oc3nc(C)cc(C)n3)C(=O)O)c3cc(Cl)ccc32)cc1. The Labute approximate surface area is 242 Å². The van der Waals surface area contributed by atoms with Crippen molar-refractivity contribution in [2.75, 3.05) is 18.6 Å². The Kier molecular flexibility index (Phi) is 7.92. The summed E-state index contributed by atoms with van der Waals surface area (Å²) < 4.78 is 11.4. The standard InChI is InChI=1S/C31H29ClN4O5/c1-19-15-20(2)35-30(34-19)41-28(29(38)39)31(22-7-5-4-6-8-22)25-16-23(32)11-14-26(25)36(27(37)17-33-31)18-21-9-12-24(40-3)13-10-21/h4-16,28,33H,17-18H2,1-3H3,(H,38,39)/t28-,31-/m0/s1. The summed E-state index contributed by atoms with van der Waals surface area (Å²) in [6.07, 6.45) is -1.59. The van der Waals surface area contributed by atoms with Crippen LogP contribution in [0.15, 0.2) is 78.9 Å². The van der Waals surface area contributed by atoms with E-state index in [1.54, 1.807) is 74.4 Å². The van der Waals surface area contributed by atoms with E-state index in [0.717, 1.165) is 5.56 Å². The minimum absolute atomic E-state index is 0.0822. The van der Waals surface area contributed by atoms with E-state index in [2.05, 4.69) is 15.3 Å². The average Bonchev–Trinajstić information content (AvgIpc) is 3.07. The molecule has 0 spiro atoms. The Morgan fingerprint density at radius 1 is 1.05 bits per heavy atom. The fourth-order valence-electron chi connectivity index (χ4n) is 5.21. The van der Waals surface area contributed by atoms with Crippen LogP contribution >= 0.6 is 11.6 Å². The van der Waals surface area contributed by atoms with Gasteiger partial charge < -0.3 is 19.5 Å². The molecular formula is C31H29ClN4O5. The molecule has 1 aliphatic heterocycles. The molecule has 0 bridgehead atoms. The van der Waals surface area contributed by atoms with Crippen LogP contribution in [0.2, 0.25) is 5.02 Å². The highest BCUT2D eigenvalue weighted by molar-refractivity contribution is 6.30. The number of carboxylic acid groups (broad SMARTS) is 1. The van der Waals surface area contributed by atoms with Crippen LogP contribution in [0.4, 0.5) is 5.69 Å². The maximum absolute atomic E-state index is 13.7. The second-order valence-electron chi connectivity index (χ2n) is 9.79. The topological polar surface area (TPSA) is 114 Å². The Morgan fingerprint density at radius 2 is 1.73 bits per heavy atom. The van der Waals surface area contributed by atoms with Gasteiger partial charge in [-0.25, -0.2) is 14.8 Å². The van der Waals surface area contributed by atoms with Crippen LogP contribution in [0.3, 0.4) is 0 Å². The molecular weight excluding hydrogens is 544 g/mol. The number of aromatic nitrogens is 2. The van der Waals surface area contributed by atoms with Crippen LogP contribution in [-0.2, 0) is 21.7 Å². The summed E-state index contributed by atoms with van der Waals surface area (Å²) >= 11 is 6.55. The van der Waals surface area contributed by atoms with Crippen molar-refractivity contribution in [3.63, 3.8) is 0 Å². The minimum atomic E-state index is -1.59. The highest BCUT2D eigenvalue weighted by atomic mass is 35.5. The maximum atomic E-state index is 13.7. The van der Waals surface area contributed by atoms with Crippen molar-refractivity contribution < 1.29 is 24.2 Å². The van der Waals surface area contributed by atoms with E-state index in [0.29, 0.717) is 39.0 Å². The van der Waals surface area contributed by atoms with E-state index in [1.807, 2.05) is 30.3 Å². The van der Waals surface area contributed by atoms with Gasteiger partial charge in [0.15, 0.2) is 0 Å².